The SMILES string of the molecule is C[C@@H](Oc1ccc2ccccc2c1)C(=O)NCc1ccc2ccccc2c1. The van der Waals surface area contributed by atoms with Gasteiger partial charge < -0.3 is 10.1 Å². The second kappa shape index (κ2) is 7.50. The minimum atomic E-state index is -0.563. The molecule has 4 aromatic carbocycles. The van der Waals surface area contributed by atoms with Crippen LogP contribution in [0.25, 0.3) is 21.5 Å². The first-order chi connectivity index (χ1) is 13.2. The van der Waals surface area contributed by atoms with Crippen molar-refractivity contribution in [1.82, 2.24) is 5.32 Å². The van der Waals surface area contributed by atoms with Gasteiger partial charge in [-0.3, -0.25) is 4.79 Å². The van der Waals surface area contributed by atoms with Crippen molar-refractivity contribution in [2.45, 2.75) is 19.6 Å². The highest BCUT2D eigenvalue weighted by Crippen LogP contribution is 2.21. The van der Waals surface area contributed by atoms with Gasteiger partial charge in [0.2, 0.25) is 0 Å². The van der Waals surface area contributed by atoms with Crippen molar-refractivity contribution in [2.24, 2.45) is 0 Å². The molecule has 0 saturated carbocycles. The maximum absolute atomic E-state index is 12.4. The molecule has 1 amide bonds. The van der Waals surface area contributed by atoms with E-state index in [-0.39, 0.29) is 5.91 Å². The number of ether oxygens (including phenoxy) is 1. The average molecular weight is 355 g/mol. The van der Waals surface area contributed by atoms with Crippen LogP contribution in [0.5, 0.6) is 5.75 Å². The average Bonchev–Trinajstić information content (AvgIpc) is 2.71. The third kappa shape index (κ3) is 3.93. The lowest BCUT2D eigenvalue weighted by Crippen LogP contribution is -2.35. The Labute approximate surface area is 158 Å². The number of nitrogens with one attached hydrogen (secondary N) is 1. The normalized spacial score (nSPS) is 12.0. The molecule has 0 aliphatic rings. The highest BCUT2D eigenvalue weighted by molar-refractivity contribution is 5.85. The van der Waals surface area contributed by atoms with Crippen LogP contribution >= 0.6 is 0 Å². The number of carbonyl (C=O) groups is 1. The monoisotopic (exact) mass is 355 g/mol. The number of rotatable bonds is 5. The Balaban J connectivity index is 1.39. The summed E-state index contributed by atoms with van der Waals surface area (Å²) in [6.45, 7) is 2.25. The van der Waals surface area contributed by atoms with Crippen LogP contribution in [-0.4, -0.2) is 12.0 Å². The van der Waals surface area contributed by atoms with E-state index >= 15 is 0 Å². The summed E-state index contributed by atoms with van der Waals surface area (Å²) in [6.07, 6.45) is -0.563. The number of hydrogen-bond acceptors (Lipinski definition) is 2. The Morgan fingerprint density at radius 2 is 1.41 bits per heavy atom. The number of fused-ring (bicyclic) bond motifs is 2. The van der Waals surface area contributed by atoms with Gasteiger partial charge in [0.25, 0.3) is 5.91 Å². The molecule has 0 unspecified atom stereocenters. The first-order valence-corrected chi connectivity index (χ1v) is 9.10. The Morgan fingerprint density at radius 3 is 2.11 bits per heavy atom. The fourth-order valence-corrected chi connectivity index (χ4v) is 3.18. The van der Waals surface area contributed by atoms with Gasteiger partial charge >= 0.3 is 0 Å². The number of benzene rings is 4. The van der Waals surface area contributed by atoms with E-state index in [0.717, 1.165) is 16.3 Å². The van der Waals surface area contributed by atoms with Crippen LogP contribution in [-0.2, 0) is 11.3 Å². The Morgan fingerprint density at radius 1 is 0.815 bits per heavy atom. The molecule has 134 valence electrons. The largest absolute Gasteiger partial charge is 0.481 e. The van der Waals surface area contributed by atoms with Crippen molar-refractivity contribution < 1.29 is 9.53 Å². The van der Waals surface area contributed by atoms with Crippen LogP contribution < -0.4 is 10.1 Å². The van der Waals surface area contributed by atoms with E-state index in [4.69, 9.17) is 4.74 Å². The molecule has 0 heterocycles. The maximum atomic E-state index is 12.4. The van der Waals surface area contributed by atoms with Gasteiger partial charge in [-0.15, -0.1) is 0 Å². The van der Waals surface area contributed by atoms with E-state index in [2.05, 4.69) is 35.6 Å². The molecule has 4 aromatic rings. The molecule has 0 aromatic heterocycles. The van der Waals surface area contributed by atoms with E-state index in [1.807, 2.05) is 54.6 Å². The van der Waals surface area contributed by atoms with Gasteiger partial charge in [0.1, 0.15) is 5.75 Å². The first kappa shape index (κ1) is 17.1. The molecule has 0 aliphatic heterocycles. The minimum Gasteiger partial charge on any atom is -0.481 e. The van der Waals surface area contributed by atoms with Gasteiger partial charge in [-0.1, -0.05) is 66.7 Å². The molecule has 1 atom stereocenters. The molecule has 0 saturated heterocycles. The summed E-state index contributed by atoms with van der Waals surface area (Å²) in [6, 6.07) is 28.4. The van der Waals surface area contributed by atoms with Gasteiger partial charge in [-0.2, -0.15) is 0 Å². The standard InChI is InChI=1S/C24H21NO2/c1-17(27-23-13-12-20-7-3-5-9-22(20)15-23)24(26)25-16-18-10-11-19-6-2-4-8-21(19)14-18/h2-15,17H,16H2,1H3,(H,25,26)/t17-/m1/s1. The Bertz CT molecular complexity index is 1100. The molecule has 3 heteroatoms. The van der Waals surface area contributed by atoms with E-state index in [1.165, 1.54) is 10.8 Å². The third-order valence-corrected chi connectivity index (χ3v) is 4.68. The molecule has 3 nitrogen and oxygen atoms in total. The summed E-state index contributed by atoms with van der Waals surface area (Å²) in [4.78, 5) is 12.4. The molecule has 4 rings (SSSR count). The van der Waals surface area contributed by atoms with Crippen LogP contribution in [0.2, 0.25) is 0 Å². The lowest BCUT2D eigenvalue weighted by atomic mass is 10.1. The van der Waals surface area contributed by atoms with E-state index in [1.54, 1.807) is 6.92 Å². The lowest BCUT2D eigenvalue weighted by Gasteiger charge is -2.15. The van der Waals surface area contributed by atoms with Gasteiger partial charge in [0.05, 0.1) is 0 Å². The van der Waals surface area contributed by atoms with E-state index < -0.39 is 6.10 Å². The Hall–Kier alpha value is -3.33. The van der Waals surface area contributed by atoms with Crippen molar-refractivity contribution in [1.29, 1.82) is 0 Å². The number of hydrogen-bond donors (Lipinski definition) is 1. The summed E-state index contributed by atoms with van der Waals surface area (Å²) < 4.78 is 5.83. The van der Waals surface area contributed by atoms with Crippen molar-refractivity contribution in [2.75, 3.05) is 0 Å². The maximum Gasteiger partial charge on any atom is 0.261 e. The van der Waals surface area contributed by atoms with Crippen LogP contribution in [0.15, 0.2) is 84.9 Å². The number of carbonyl (C=O) groups excluding carboxylic acids is 1. The fourth-order valence-electron chi connectivity index (χ4n) is 3.18. The van der Waals surface area contributed by atoms with Crippen LogP contribution in [0.1, 0.15) is 12.5 Å². The van der Waals surface area contributed by atoms with Gasteiger partial charge in [0, 0.05) is 6.54 Å². The summed E-state index contributed by atoms with van der Waals surface area (Å²) in [5, 5.41) is 7.57. The van der Waals surface area contributed by atoms with E-state index in [9.17, 15) is 4.79 Å². The molecule has 27 heavy (non-hydrogen) atoms. The molecule has 0 spiro atoms. The zero-order valence-corrected chi connectivity index (χ0v) is 15.2. The second-order valence-corrected chi connectivity index (χ2v) is 6.67. The summed E-state index contributed by atoms with van der Waals surface area (Å²) in [5.74, 6) is 0.568. The van der Waals surface area contributed by atoms with Gasteiger partial charge in [-0.25, -0.2) is 0 Å². The molecule has 0 radical (unpaired) electrons. The van der Waals surface area contributed by atoms with Crippen LogP contribution in [0.3, 0.4) is 0 Å². The van der Waals surface area contributed by atoms with Crippen molar-refractivity contribution in [3.05, 3.63) is 90.5 Å². The zero-order chi connectivity index (χ0) is 18.6. The smallest absolute Gasteiger partial charge is 0.261 e. The first-order valence-electron chi connectivity index (χ1n) is 9.10. The van der Waals surface area contributed by atoms with Crippen molar-refractivity contribution in [3.63, 3.8) is 0 Å². The predicted molar refractivity (Wildman–Crippen MR) is 110 cm³/mol. The molecular weight excluding hydrogens is 334 g/mol. The molecule has 1 N–H and O–H groups in total. The minimum absolute atomic E-state index is 0.128. The lowest BCUT2D eigenvalue weighted by molar-refractivity contribution is -0.127. The Kier molecular flexibility index (Phi) is 4.75. The topological polar surface area (TPSA) is 38.3 Å². The van der Waals surface area contributed by atoms with Crippen LogP contribution in [0.4, 0.5) is 0 Å². The van der Waals surface area contributed by atoms with Gasteiger partial charge in [0.15, 0.2) is 6.10 Å². The number of amides is 1. The molecular formula is C24H21NO2. The summed E-state index contributed by atoms with van der Waals surface area (Å²) >= 11 is 0. The molecule has 0 bridgehead atoms. The molecule has 0 fully saturated rings. The zero-order valence-electron chi connectivity index (χ0n) is 15.2. The van der Waals surface area contributed by atoms with Gasteiger partial charge in [-0.05, 0) is 52.2 Å². The van der Waals surface area contributed by atoms with Crippen molar-refractivity contribution >= 4 is 27.5 Å². The fraction of sp³-hybridized carbons (Fsp3) is 0.125. The summed E-state index contributed by atoms with van der Waals surface area (Å²) in [5.41, 5.74) is 1.07. The third-order valence-electron chi connectivity index (χ3n) is 4.68. The predicted octanol–water partition coefficient (Wildman–Crippen LogP) is 5.08. The highest BCUT2D eigenvalue weighted by atomic mass is 16.5. The van der Waals surface area contributed by atoms with Crippen molar-refractivity contribution in [3.8, 4) is 5.75 Å². The quantitative estimate of drug-likeness (QED) is 0.542. The molecule has 0 aliphatic carbocycles. The van der Waals surface area contributed by atoms with Crippen LogP contribution in [0, 0.1) is 0 Å². The highest BCUT2D eigenvalue weighted by Gasteiger charge is 2.14. The van der Waals surface area contributed by atoms with E-state index in [0.29, 0.717) is 12.3 Å². The second-order valence-electron chi connectivity index (χ2n) is 6.67. The summed E-state index contributed by atoms with van der Waals surface area (Å²) in [7, 11) is 0.